The lowest BCUT2D eigenvalue weighted by Gasteiger charge is -2.36. The van der Waals surface area contributed by atoms with Crippen LogP contribution in [0.1, 0.15) is 11.3 Å². The van der Waals surface area contributed by atoms with Crippen molar-refractivity contribution in [3.05, 3.63) is 71.7 Å². The molecule has 2 heterocycles. The number of aromatic nitrogens is 2. The first kappa shape index (κ1) is 18.7. The van der Waals surface area contributed by atoms with Crippen molar-refractivity contribution in [1.82, 2.24) is 9.97 Å². The van der Waals surface area contributed by atoms with Crippen molar-refractivity contribution >= 4 is 23.1 Å². The van der Waals surface area contributed by atoms with Gasteiger partial charge in [0.2, 0.25) is 5.95 Å². The van der Waals surface area contributed by atoms with E-state index < -0.39 is 0 Å². The second-order valence-electron chi connectivity index (χ2n) is 6.93. The Kier molecular flexibility index (Phi) is 5.25. The van der Waals surface area contributed by atoms with Gasteiger partial charge in [-0.3, -0.25) is 0 Å². The molecule has 1 N–H and O–H groups in total. The van der Waals surface area contributed by atoms with Gasteiger partial charge in [0.1, 0.15) is 17.7 Å². The van der Waals surface area contributed by atoms with Gasteiger partial charge in [-0.25, -0.2) is 9.37 Å². The van der Waals surface area contributed by atoms with E-state index in [4.69, 9.17) is 0 Å². The third kappa shape index (κ3) is 4.27. The lowest BCUT2D eigenvalue weighted by molar-refractivity contribution is 0.623. The van der Waals surface area contributed by atoms with Crippen LogP contribution in [0.4, 0.5) is 27.5 Å². The molecule has 1 fully saturated rings. The number of nitriles is 1. The molecule has 146 valence electrons. The van der Waals surface area contributed by atoms with Crippen molar-refractivity contribution in [2.45, 2.75) is 6.92 Å². The van der Waals surface area contributed by atoms with E-state index in [1.54, 1.807) is 6.07 Å². The second kappa shape index (κ2) is 8.15. The highest BCUT2D eigenvalue weighted by Crippen LogP contribution is 2.23. The maximum atomic E-state index is 13.1. The molecule has 29 heavy (non-hydrogen) atoms. The number of benzene rings is 2. The van der Waals surface area contributed by atoms with Crippen molar-refractivity contribution < 1.29 is 4.39 Å². The molecular weight excluding hydrogens is 367 g/mol. The van der Waals surface area contributed by atoms with Crippen molar-refractivity contribution in [2.24, 2.45) is 0 Å². The molecule has 6 nitrogen and oxygen atoms in total. The van der Waals surface area contributed by atoms with Crippen LogP contribution in [0.15, 0.2) is 54.6 Å². The maximum Gasteiger partial charge on any atom is 0.227 e. The maximum absolute atomic E-state index is 13.1. The SMILES string of the molecule is Cc1cc(Nc2ccccc2C#N)nc(N2CCN(c3ccc(F)cc3)CC2)n1. The van der Waals surface area contributed by atoms with Crippen LogP contribution in [-0.2, 0) is 0 Å². The number of aryl methyl sites for hydroxylation is 1. The Morgan fingerprint density at radius 2 is 1.66 bits per heavy atom. The summed E-state index contributed by atoms with van der Waals surface area (Å²) >= 11 is 0. The predicted octanol–water partition coefficient (Wildman–Crippen LogP) is 3.87. The number of para-hydroxylation sites is 1. The standard InChI is InChI=1S/C22H21FN6/c1-16-14-21(26-20-5-3-2-4-17(20)15-24)27-22(25-16)29-12-10-28(11-13-29)19-8-6-18(23)7-9-19/h2-9,14H,10-13H2,1H3,(H,25,26,27). The first-order valence-electron chi connectivity index (χ1n) is 9.50. The number of nitrogens with one attached hydrogen (secondary N) is 1. The third-order valence-corrected chi connectivity index (χ3v) is 4.91. The van der Waals surface area contributed by atoms with Crippen LogP contribution in [0.2, 0.25) is 0 Å². The Morgan fingerprint density at radius 1 is 0.966 bits per heavy atom. The fraction of sp³-hybridized carbons (Fsp3) is 0.227. The van der Waals surface area contributed by atoms with Crippen molar-refractivity contribution in [3.8, 4) is 6.07 Å². The first-order chi connectivity index (χ1) is 14.1. The van der Waals surface area contributed by atoms with Gasteiger partial charge in [0.15, 0.2) is 0 Å². The largest absolute Gasteiger partial charge is 0.368 e. The van der Waals surface area contributed by atoms with E-state index in [1.165, 1.54) is 12.1 Å². The zero-order valence-electron chi connectivity index (χ0n) is 16.1. The van der Waals surface area contributed by atoms with E-state index in [-0.39, 0.29) is 5.82 Å². The van der Waals surface area contributed by atoms with Crippen LogP contribution >= 0.6 is 0 Å². The van der Waals surface area contributed by atoms with Crippen LogP contribution in [-0.4, -0.2) is 36.1 Å². The van der Waals surface area contributed by atoms with E-state index >= 15 is 0 Å². The van der Waals surface area contributed by atoms with Crippen molar-refractivity contribution in [2.75, 3.05) is 41.3 Å². The molecule has 0 radical (unpaired) electrons. The molecule has 0 atom stereocenters. The summed E-state index contributed by atoms with van der Waals surface area (Å²) in [6.45, 7) is 5.09. The zero-order chi connectivity index (χ0) is 20.2. The van der Waals surface area contributed by atoms with E-state index in [0.717, 1.165) is 43.2 Å². The highest BCUT2D eigenvalue weighted by molar-refractivity contribution is 5.65. The third-order valence-electron chi connectivity index (χ3n) is 4.91. The quantitative estimate of drug-likeness (QED) is 0.732. The van der Waals surface area contributed by atoms with Gasteiger partial charge in [0, 0.05) is 43.6 Å². The van der Waals surface area contributed by atoms with Crippen LogP contribution in [0.3, 0.4) is 0 Å². The van der Waals surface area contributed by atoms with Gasteiger partial charge in [0.05, 0.1) is 11.3 Å². The number of nitrogens with zero attached hydrogens (tertiary/aromatic N) is 5. The van der Waals surface area contributed by atoms with Gasteiger partial charge in [-0.2, -0.15) is 10.2 Å². The summed E-state index contributed by atoms with van der Waals surface area (Å²) in [4.78, 5) is 13.6. The molecule has 2 aromatic carbocycles. The second-order valence-corrected chi connectivity index (χ2v) is 6.93. The minimum absolute atomic E-state index is 0.224. The molecule has 1 aliphatic heterocycles. The number of hydrogen-bond donors (Lipinski definition) is 1. The molecule has 7 heteroatoms. The predicted molar refractivity (Wildman–Crippen MR) is 112 cm³/mol. The fourth-order valence-corrected chi connectivity index (χ4v) is 3.40. The van der Waals surface area contributed by atoms with Crippen LogP contribution in [0.5, 0.6) is 0 Å². The first-order valence-corrected chi connectivity index (χ1v) is 9.50. The molecular formula is C22H21FN6. The number of hydrogen-bond acceptors (Lipinski definition) is 6. The van der Waals surface area contributed by atoms with Crippen LogP contribution in [0, 0.1) is 24.1 Å². The number of halogens is 1. The summed E-state index contributed by atoms with van der Waals surface area (Å²) in [5, 5.41) is 12.5. The van der Waals surface area contributed by atoms with Gasteiger partial charge in [-0.05, 0) is 43.3 Å². The van der Waals surface area contributed by atoms with Gasteiger partial charge < -0.3 is 15.1 Å². The molecule has 0 amide bonds. The monoisotopic (exact) mass is 388 g/mol. The normalized spacial score (nSPS) is 13.8. The Bertz CT molecular complexity index is 1040. The van der Waals surface area contributed by atoms with Crippen LogP contribution < -0.4 is 15.1 Å². The number of rotatable bonds is 4. The molecule has 0 unspecified atom stereocenters. The molecule has 4 rings (SSSR count). The average Bonchev–Trinajstić information content (AvgIpc) is 2.74. The number of anilines is 4. The van der Waals surface area contributed by atoms with E-state index in [0.29, 0.717) is 17.3 Å². The molecule has 1 saturated heterocycles. The Hall–Kier alpha value is -3.66. The van der Waals surface area contributed by atoms with Gasteiger partial charge in [-0.15, -0.1) is 0 Å². The summed E-state index contributed by atoms with van der Waals surface area (Å²) in [5.74, 6) is 1.11. The lowest BCUT2D eigenvalue weighted by Crippen LogP contribution is -2.47. The summed E-state index contributed by atoms with van der Waals surface area (Å²) in [6.07, 6.45) is 0. The molecule has 0 bridgehead atoms. The summed E-state index contributed by atoms with van der Waals surface area (Å²) in [6, 6.07) is 18.0. The molecule has 1 aliphatic rings. The zero-order valence-corrected chi connectivity index (χ0v) is 16.1. The van der Waals surface area contributed by atoms with Crippen molar-refractivity contribution in [3.63, 3.8) is 0 Å². The highest BCUT2D eigenvalue weighted by Gasteiger charge is 2.20. The number of piperazine rings is 1. The summed E-state index contributed by atoms with van der Waals surface area (Å²) < 4.78 is 13.1. The minimum Gasteiger partial charge on any atom is -0.368 e. The summed E-state index contributed by atoms with van der Waals surface area (Å²) in [5.41, 5.74) is 3.16. The molecule has 0 aliphatic carbocycles. The van der Waals surface area contributed by atoms with Gasteiger partial charge >= 0.3 is 0 Å². The highest BCUT2D eigenvalue weighted by atomic mass is 19.1. The van der Waals surface area contributed by atoms with Gasteiger partial charge in [-0.1, -0.05) is 12.1 Å². The molecule has 0 spiro atoms. The van der Waals surface area contributed by atoms with Crippen molar-refractivity contribution in [1.29, 1.82) is 5.26 Å². The average molecular weight is 388 g/mol. The smallest absolute Gasteiger partial charge is 0.227 e. The Balaban J connectivity index is 1.48. The van der Waals surface area contributed by atoms with E-state index in [2.05, 4.69) is 31.2 Å². The summed E-state index contributed by atoms with van der Waals surface area (Å²) in [7, 11) is 0. The lowest BCUT2D eigenvalue weighted by atomic mass is 10.2. The van der Waals surface area contributed by atoms with Crippen LogP contribution in [0.25, 0.3) is 0 Å². The van der Waals surface area contributed by atoms with E-state index in [1.807, 2.05) is 43.3 Å². The fourth-order valence-electron chi connectivity index (χ4n) is 3.40. The Morgan fingerprint density at radius 3 is 2.38 bits per heavy atom. The molecule has 0 saturated carbocycles. The minimum atomic E-state index is -0.224. The van der Waals surface area contributed by atoms with Gasteiger partial charge in [0.25, 0.3) is 0 Å². The van der Waals surface area contributed by atoms with E-state index in [9.17, 15) is 9.65 Å². The molecule has 3 aromatic rings. The Labute approximate surface area is 169 Å². The molecule has 1 aromatic heterocycles. The topological polar surface area (TPSA) is 68.1 Å².